The largest absolute Gasteiger partial charge is 0.389 e. The number of halogens is 2. The van der Waals surface area contributed by atoms with Crippen LogP contribution >= 0.6 is 0 Å². The van der Waals surface area contributed by atoms with Crippen LogP contribution in [-0.2, 0) is 14.3 Å². The van der Waals surface area contributed by atoms with Crippen molar-refractivity contribution in [3.63, 3.8) is 0 Å². The van der Waals surface area contributed by atoms with Crippen molar-refractivity contribution in [1.29, 1.82) is 0 Å². The van der Waals surface area contributed by atoms with Gasteiger partial charge in [-0.1, -0.05) is 19.1 Å². The summed E-state index contributed by atoms with van der Waals surface area (Å²) in [4.78, 5) is 21.9. The normalized spacial score (nSPS) is 12.7. The maximum atomic E-state index is 13.2. The van der Waals surface area contributed by atoms with Gasteiger partial charge in [-0.2, -0.15) is 8.78 Å². The molecule has 0 aliphatic rings. The molecule has 0 spiro atoms. The highest BCUT2D eigenvalue weighted by atomic mass is 19.3. The average Bonchev–Trinajstić information content (AvgIpc) is 2.24. The molecule has 90 valence electrons. The number of hydrogen-bond donors (Lipinski definition) is 0. The number of carbonyl (C=O) groups is 2. The lowest BCUT2D eigenvalue weighted by Gasteiger charge is -2.17. The van der Waals surface area contributed by atoms with E-state index in [1.165, 1.54) is 6.08 Å². The first-order chi connectivity index (χ1) is 7.36. The maximum Gasteiger partial charge on any atom is 0.385 e. The second-order valence-corrected chi connectivity index (χ2v) is 3.24. The van der Waals surface area contributed by atoms with E-state index in [4.69, 9.17) is 0 Å². The number of carbonyl (C=O) groups excluding carboxylic acids is 2. The lowest BCUT2D eigenvalue weighted by atomic mass is 10.0. The number of alkyl halides is 2. The molecule has 0 fully saturated rings. The number of rotatable bonds is 6. The summed E-state index contributed by atoms with van der Waals surface area (Å²) in [5.74, 6) is -7.94. The second kappa shape index (κ2) is 6.15. The lowest BCUT2D eigenvalue weighted by Crippen LogP contribution is -2.37. The minimum atomic E-state index is -3.73. The fraction of sp³-hybridized carbons (Fsp3) is 0.455. The third-order valence-corrected chi connectivity index (χ3v) is 1.96. The summed E-state index contributed by atoms with van der Waals surface area (Å²) in [5, 5.41) is 0. The summed E-state index contributed by atoms with van der Waals surface area (Å²) in [5.41, 5.74) is 0. The van der Waals surface area contributed by atoms with Crippen molar-refractivity contribution in [2.75, 3.05) is 0 Å². The quantitative estimate of drug-likeness (QED) is 0.401. The third-order valence-electron chi connectivity index (χ3n) is 1.96. The van der Waals surface area contributed by atoms with Crippen molar-refractivity contribution in [1.82, 2.24) is 0 Å². The molecule has 0 heterocycles. The van der Waals surface area contributed by atoms with Crippen LogP contribution in [0.4, 0.5) is 8.78 Å². The molecular formula is C11H14F2O3. The Kier molecular flexibility index (Phi) is 5.56. The highest BCUT2D eigenvalue weighted by molar-refractivity contribution is 5.89. The topological polar surface area (TPSA) is 43.4 Å². The summed E-state index contributed by atoms with van der Waals surface area (Å²) in [6, 6.07) is 0. The molecule has 5 heteroatoms. The molecule has 3 nitrogen and oxygen atoms in total. The van der Waals surface area contributed by atoms with Crippen LogP contribution in [0, 0.1) is 5.92 Å². The predicted octanol–water partition coefficient (Wildman–Crippen LogP) is 2.48. The van der Waals surface area contributed by atoms with Gasteiger partial charge in [0, 0.05) is 12.3 Å². The Morgan fingerprint density at radius 3 is 2.44 bits per heavy atom. The standard InChI is InChI=1S/C11H14F2O3/c1-4-6-7-9(14)16-10(15)11(12,13)8(3)5-2/h4-5,8H,1-2,6-7H2,3H3. The number of allylic oxidation sites excluding steroid dienone is 2. The van der Waals surface area contributed by atoms with E-state index in [-0.39, 0.29) is 12.8 Å². The summed E-state index contributed by atoms with van der Waals surface area (Å²) < 4.78 is 30.4. The van der Waals surface area contributed by atoms with E-state index < -0.39 is 23.8 Å². The van der Waals surface area contributed by atoms with Gasteiger partial charge in [0.25, 0.3) is 0 Å². The molecule has 1 atom stereocenters. The Morgan fingerprint density at radius 1 is 1.44 bits per heavy atom. The average molecular weight is 232 g/mol. The predicted molar refractivity (Wildman–Crippen MR) is 54.8 cm³/mol. The van der Waals surface area contributed by atoms with Gasteiger partial charge in [-0.25, -0.2) is 4.79 Å². The van der Waals surface area contributed by atoms with Crippen LogP contribution in [0.25, 0.3) is 0 Å². The summed E-state index contributed by atoms with van der Waals surface area (Å²) >= 11 is 0. The maximum absolute atomic E-state index is 13.2. The molecule has 0 saturated heterocycles. The fourth-order valence-corrected chi connectivity index (χ4v) is 0.776. The first-order valence-electron chi connectivity index (χ1n) is 4.72. The Balaban J connectivity index is 4.39. The van der Waals surface area contributed by atoms with Crippen LogP contribution in [0.15, 0.2) is 25.3 Å². The first kappa shape index (κ1) is 14.5. The van der Waals surface area contributed by atoms with Crippen LogP contribution in [0.3, 0.4) is 0 Å². The number of hydrogen-bond acceptors (Lipinski definition) is 3. The lowest BCUT2D eigenvalue weighted by molar-refractivity contribution is -0.182. The van der Waals surface area contributed by atoms with Gasteiger partial charge in [-0.15, -0.1) is 13.2 Å². The molecule has 0 aliphatic heterocycles. The summed E-state index contributed by atoms with van der Waals surface area (Å²) in [6.07, 6.45) is 2.48. The number of esters is 2. The Labute approximate surface area is 92.8 Å². The van der Waals surface area contributed by atoms with Crippen LogP contribution in [0.1, 0.15) is 19.8 Å². The Hall–Kier alpha value is -1.52. The minimum Gasteiger partial charge on any atom is -0.389 e. The molecule has 0 bridgehead atoms. The van der Waals surface area contributed by atoms with Gasteiger partial charge in [0.2, 0.25) is 0 Å². The molecule has 0 amide bonds. The van der Waals surface area contributed by atoms with Crippen molar-refractivity contribution in [2.24, 2.45) is 5.92 Å². The third kappa shape index (κ3) is 3.92. The molecule has 0 radical (unpaired) electrons. The Morgan fingerprint density at radius 2 is 2.00 bits per heavy atom. The summed E-state index contributed by atoms with van der Waals surface area (Å²) in [6.45, 7) is 7.61. The highest BCUT2D eigenvalue weighted by Gasteiger charge is 2.46. The van der Waals surface area contributed by atoms with Gasteiger partial charge in [0.05, 0.1) is 0 Å². The van der Waals surface area contributed by atoms with E-state index >= 15 is 0 Å². The van der Waals surface area contributed by atoms with Crippen LogP contribution < -0.4 is 0 Å². The molecule has 1 unspecified atom stereocenters. The van der Waals surface area contributed by atoms with Crippen molar-refractivity contribution >= 4 is 11.9 Å². The zero-order chi connectivity index (χ0) is 12.8. The van der Waals surface area contributed by atoms with E-state index in [9.17, 15) is 18.4 Å². The van der Waals surface area contributed by atoms with E-state index in [0.29, 0.717) is 0 Å². The van der Waals surface area contributed by atoms with Gasteiger partial charge in [0.15, 0.2) is 0 Å². The second-order valence-electron chi connectivity index (χ2n) is 3.24. The van der Waals surface area contributed by atoms with Crippen LogP contribution in [0.2, 0.25) is 0 Å². The highest BCUT2D eigenvalue weighted by Crippen LogP contribution is 2.26. The van der Waals surface area contributed by atoms with Gasteiger partial charge in [0.1, 0.15) is 0 Å². The van der Waals surface area contributed by atoms with Crippen molar-refractivity contribution in [2.45, 2.75) is 25.7 Å². The van der Waals surface area contributed by atoms with E-state index in [1.807, 2.05) is 0 Å². The zero-order valence-electron chi connectivity index (χ0n) is 9.04. The van der Waals surface area contributed by atoms with Gasteiger partial charge >= 0.3 is 17.9 Å². The number of ether oxygens (including phenoxy) is 1. The van der Waals surface area contributed by atoms with Crippen LogP contribution in [0.5, 0.6) is 0 Å². The van der Waals surface area contributed by atoms with Crippen LogP contribution in [-0.4, -0.2) is 17.9 Å². The smallest absolute Gasteiger partial charge is 0.385 e. The monoisotopic (exact) mass is 232 g/mol. The molecule has 0 aromatic rings. The zero-order valence-corrected chi connectivity index (χ0v) is 9.04. The van der Waals surface area contributed by atoms with E-state index in [2.05, 4.69) is 17.9 Å². The molecule has 0 saturated carbocycles. The molecule has 0 aromatic heterocycles. The molecule has 0 aliphatic carbocycles. The first-order valence-corrected chi connectivity index (χ1v) is 4.72. The molecule has 0 aromatic carbocycles. The SMILES string of the molecule is C=CCCC(=O)OC(=O)C(F)(F)C(C)C=C. The van der Waals surface area contributed by atoms with E-state index in [1.54, 1.807) is 0 Å². The fourth-order valence-electron chi connectivity index (χ4n) is 0.776. The molecular weight excluding hydrogens is 218 g/mol. The molecule has 0 N–H and O–H groups in total. The van der Waals surface area contributed by atoms with Gasteiger partial charge in [-0.05, 0) is 6.42 Å². The van der Waals surface area contributed by atoms with E-state index in [0.717, 1.165) is 13.0 Å². The van der Waals surface area contributed by atoms with Crippen molar-refractivity contribution in [3.8, 4) is 0 Å². The molecule has 0 rings (SSSR count). The van der Waals surface area contributed by atoms with Gasteiger partial charge in [-0.3, -0.25) is 4.79 Å². The van der Waals surface area contributed by atoms with Gasteiger partial charge < -0.3 is 4.74 Å². The Bertz CT molecular complexity index is 298. The minimum absolute atomic E-state index is 0.145. The van der Waals surface area contributed by atoms with Crippen molar-refractivity contribution in [3.05, 3.63) is 25.3 Å². The summed E-state index contributed by atoms with van der Waals surface area (Å²) in [7, 11) is 0. The van der Waals surface area contributed by atoms with Crippen molar-refractivity contribution < 1.29 is 23.1 Å². The molecule has 16 heavy (non-hydrogen) atoms.